The zero-order valence-corrected chi connectivity index (χ0v) is 16.1. The molecule has 0 N–H and O–H groups in total. The summed E-state index contributed by atoms with van der Waals surface area (Å²) in [6.07, 6.45) is 3.59. The number of ether oxygens (including phenoxy) is 1. The minimum absolute atomic E-state index is 0.563. The summed E-state index contributed by atoms with van der Waals surface area (Å²) in [5, 5.41) is 4.02. The summed E-state index contributed by atoms with van der Waals surface area (Å²) in [7, 11) is 2.16. The highest BCUT2D eigenvalue weighted by atomic mass is 16.5. The van der Waals surface area contributed by atoms with Crippen LogP contribution in [-0.2, 0) is 13.1 Å². The highest BCUT2D eigenvalue weighted by Crippen LogP contribution is 2.20. The lowest BCUT2D eigenvalue weighted by Crippen LogP contribution is -2.33. The molecule has 6 nitrogen and oxygen atoms in total. The van der Waals surface area contributed by atoms with Crippen LogP contribution in [0.4, 0.5) is 0 Å². The molecule has 1 aromatic heterocycles. The molecule has 1 aromatic carbocycles. The fourth-order valence-corrected chi connectivity index (χ4v) is 3.65. The van der Waals surface area contributed by atoms with E-state index in [2.05, 4.69) is 45.2 Å². The van der Waals surface area contributed by atoms with E-state index in [0.717, 1.165) is 37.8 Å². The van der Waals surface area contributed by atoms with Crippen LogP contribution in [0.3, 0.4) is 0 Å². The Morgan fingerprint density at radius 1 is 1.31 bits per heavy atom. The molecule has 1 saturated heterocycles. The number of aryl methyl sites for hydroxylation is 1. The fourth-order valence-electron chi connectivity index (χ4n) is 3.65. The van der Waals surface area contributed by atoms with Crippen molar-refractivity contribution in [1.82, 2.24) is 19.9 Å². The molecule has 0 aliphatic carbocycles. The molecule has 1 fully saturated rings. The van der Waals surface area contributed by atoms with Gasteiger partial charge >= 0.3 is 0 Å². The van der Waals surface area contributed by atoms with Gasteiger partial charge in [0, 0.05) is 19.5 Å². The highest BCUT2D eigenvalue weighted by Gasteiger charge is 2.21. The van der Waals surface area contributed by atoms with E-state index in [1.54, 1.807) is 0 Å². The van der Waals surface area contributed by atoms with Gasteiger partial charge in [0.2, 0.25) is 5.89 Å². The van der Waals surface area contributed by atoms with Gasteiger partial charge in [-0.1, -0.05) is 17.3 Å². The largest absolute Gasteiger partial charge is 0.494 e. The van der Waals surface area contributed by atoms with Gasteiger partial charge in [-0.2, -0.15) is 4.98 Å². The second-order valence-electron chi connectivity index (χ2n) is 7.09. The number of benzene rings is 1. The van der Waals surface area contributed by atoms with E-state index in [1.807, 2.05) is 19.9 Å². The highest BCUT2D eigenvalue weighted by molar-refractivity contribution is 5.28. The molecule has 1 atom stereocenters. The maximum atomic E-state index is 5.62. The van der Waals surface area contributed by atoms with Crippen molar-refractivity contribution in [2.75, 3.05) is 26.7 Å². The number of likely N-dealkylation sites (tertiary alicyclic amines) is 1. The Labute approximate surface area is 156 Å². The first-order chi connectivity index (χ1) is 12.6. The molecule has 0 unspecified atom stereocenters. The van der Waals surface area contributed by atoms with Crippen LogP contribution in [0.1, 0.15) is 43.5 Å². The third-order valence-corrected chi connectivity index (χ3v) is 4.99. The number of hydrogen-bond donors (Lipinski definition) is 0. The van der Waals surface area contributed by atoms with Crippen LogP contribution in [-0.4, -0.2) is 52.7 Å². The second kappa shape index (κ2) is 9.14. The minimum atomic E-state index is 0.563. The van der Waals surface area contributed by atoms with E-state index in [-0.39, 0.29) is 0 Å². The Hall–Kier alpha value is -1.92. The molecule has 1 aliphatic rings. The van der Waals surface area contributed by atoms with Crippen molar-refractivity contribution < 1.29 is 9.26 Å². The monoisotopic (exact) mass is 358 g/mol. The first kappa shape index (κ1) is 18.9. The van der Waals surface area contributed by atoms with Crippen molar-refractivity contribution in [3.05, 3.63) is 41.5 Å². The Balaban J connectivity index is 1.52. The molecular weight excluding hydrogens is 328 g/mol. The van der Waals surface area contributed by atoms with E-state index < -0.39 is 0 Å². The summed E-state index contributed by atoms with van der Waals surface area (Å²) in [5.74, 6) is 2.38. The van der Waals surface area contributed by atoms with Gasteiger partial charge in [0.1, 0.15) is 5.75 Å². The molecule has 3 rings (SSSR count). The summed E-state index contributed by atoms with van der Waals surface area (Å²) in [6, 6.07) is 9.03. The van der Waals surface area contributed by atoms with Gasteiger partial charge in [0.25, 0.3) is 0 Å². The maximum Gasteiger partial charge on any atom is 0.223 e. The van der Waals surface area contributed by atoms with E-state index in [0.29, 0.717) is 18.5 Å². The van der Waals surface area contributed by atoms with Gasteiger partial charge in [0.05, 0.1) is 13.2 Å². The predicted molar refractivity (Wildman–Crippen MR) is 101 cm³/mol. The van der Waals surface area contributed by atoms with E-state index >= 15 is 0 Å². The van der Waals surface area contributed by atoms with Gasteiger partial charge in [-0.15, -0.1) is 0 Å². The van der Waals surface area contributed by atoms with Crippen molar-refractivity contribution in [1.29, 1.82) is 0 Å². The lowest BCUT2D eigenvalue weighted by Gasteiger charge is -2.26. The second-order valence-corrected chi connectivity index (χ2v) is 7.09. The zero-order chi connectivity index (χ0) is 18.4. The fraction of sp³-hybridized carbons (Fsp3) is 0.600. The Morgan fingerprint density at radius 2 is 2.19 bits per heavy atom. The maximum absolute atomic E-state index is 5.62. The van der Waals surface area contributed by atoms with Crippen LogP contribution in [0.15, 0.2) is 28.8 Å². The van der Waals surface area contributed by atoms with Gasteiger partial charge in [-0.25, -0.2) is 0 Å². The van der Waals surface area contributed by atoms with Gasteiger partial charge < -0.3 is 9.26 Å². The molecule has 6 heteroatoms. The first-order valence-electron chi connectivity index (χ1n) is 9.57. The molecule has 0 saturated carbocycles. The van der Waals surface area contributed by atoms with Crippen molar-refractivity contribution in [2.45, 2.75) is 52.2 Å². The van der Waals surface area contributed by atoms with E-state index in [9.17, 15) is 0 Å². The topological polar surface area (TPSA) is 54.6 Å². The minimum Gasteiger partial charge on any atom is -0.494 e. The van der Waals surface area contributed by atoms with Crippen molar-refractivity contribution in [3.63, 3.8) is 0 Å². The zero-order valence-electron chi connectivity index (χ0n) is 16.1. The van der Waals surface area contributed by atoms with Crippen LogP contribution >= 0.6 is 0 Å². The average molecular weight is 358 g/mol. The third-order valence-electron chi connectivity index (χ3n) is 4.99. The molecule has 0 spiro atoms. The van der Waals surface area contributed by atoms with Crippen molar-refractivity contribution >= 4 is 0 Å². The predicted octanol–water partition coefficient (Wildman–Crippen LogP) is 3.26. The standard InChI is InChI=1S/C20H30N4O2/c1-4-25-19-9-5-7-17(13-19)14-24-11-6-8-18(10-12-24)23(3)15-20-21-16(2)26-22-20/h5,7,9,13,18H,4,6,8,10-12,14-15H2,1-3H3/t18-/m1/s1. The molecule has 142 valence electrons. The molecule has 2 heterocycles. The summed E-state index contributed by atoms with van der Waals surface area (Å²) in [5.41, 5.74) is 1.32. The summed E-state index contributed by atoms with van der Waals surface area (Å²) < 4.78 is 10.7. The molecule has 0 bridgehead atoms. The lowest BCUT2D eigenvalue weighted by molar-refractivity contribution is 0.200. The third kappa shape index (κ3) is 5.29. The van der Waals surface area contributed by atoms with Crippen LogP contribution in [0, 0.1) is 6.92 Å². The molecular formula is C20H30N4O2. The average Bonchev–Trinajstić information content (AvgIpc) is 2.89. The Bertz CT molecular complexity index is 688. The Kier molecular flexibility index (Phi) is 6.63. The van der Waals surface area contributed by atoms with Crippen LogP contribution < -0.4 is 4.74 Å². The van der Waals surface area contributed by atoms with Crippen LogP contribution in [0.5, 0.6) is 5.75 Å². The quantitative estimate of drug-likeness (QED) is 0.757. The van der Waals surface area contributed by atoms with Gasteiger partial charge in [-0.3, -0.25) is 9.80 Å². The lowest BCUT2D eigenvalue weighted by atomic mass is 10.1. The SMILES string of the molecule is CCOc1cccc(CN2CCC[C@@H](N(C)Cc3noc(C)n3)CC2)c1. The number of rotatable bonds is 7. The number of hydrogen-bond acceptors (Lipinski definition) is 6. The number of aromatic nitrogens is 2. The molecule has 0 radical (unpaired) electrons. The van der Waals surface area contributed by atoms with Crippen molar-refractivity contribution in [3.8, 4) is 5.75 Å². The van der Waals surface area contributed by atoms with Crippen molar-refractivity contribution in [2.24, 2.45) is 0 Å². The summed E-state index contributed by atoms with van der Waals surface area (Å²) >= 11 is 0. The molecule has 2 aromatic rings. The molecule has 1 aliphatic heterocycles. The summed E-state index contributed by atoms with van der Waals surface area (Å²) in [6.45, 7) is 8.55. The van der Waals surface area contributed by atoms with Crippen LogP contribution in [0.25, 0.3) is 0 Å². The first-order valence-corrected chi connectivity index (χ1v) is 9.57. The normalized spacial score (nSPS) is 18.8. The molecule has 0 amide bonds. The van der Waals surface area contributed by atoms with E-state index in [4.69, 9.17) is 9.26 Å². The summed E-state index contributed by atoms with van der Waals surface area (Å²) in [4.78, 5) is 9.24. The van der Waals surface area contributed by atoms with Crippen LogP contribution in [0.2, 0.25) is 0 Å². The molecule has 26 heavy (non-hydrogen) atoms. The van der Waals surface area contributed by atoms with E-state index in [1.165, 1.54) is 24.8 Å². The van der Waals surface area contributed by atoms with Gasteiger partial charge in [0.15, 0.2) is 5.82 Å². The smallest absolute Gasteiger partial charge is 0.223 e. The number of nitrogens with zero attached hydrogens (tertiary/aromatic N) is 4. The van der Waals surface area contributed by atoms with Gasteiger partial charge in [-0.05, 0) is 64.0 Å². The Morgan fingerprint density at radius 3 is 2.96 bits per heavy atom.